The molecular weight excluding hydrogens is 330 g/mol. The van der Waals surface area contributed by atoms with E-state index in [1.165, 1.54) is 11.3 Å². The van der Waals surface area contributed by atoms with Crippen LogP contribution in [0.1, 0.15) is 22.2 Å². The van der Waals surface area contributed by atoms with E-state index in [9.17, 15) is 4.79 Å². The van der Waals surface area contributed by atoms with E-state index in [1.54, 1.807) is 0 Å². The number of para-hydroxylation sites is 1. The Bertz CT molecular complexity index is 827. The van der Waals surface area contributed by atoms with Crippen molar-refractivity contribution in [3.05, 3.63) is 76.5 Å². The Morgan fingerprint density at radius 1 is 1.04 bits per heavy atom. The molecule has 0 spiro atoms. The molecule has 0 fully saturated rings. The Kier molecular flexibility index (Phi) is 5.86. The van der Waals surface area contributed by atoms with Crippen LogP contribution in [0.3, 0.4) is 0 Å². The third kappa shape index (κ3) is 4.28. The number of hydrogen-bond donors (Lipinski definition) is 1. The molecule has 0 saturated carbocycles. The molecule has 0 atom stereocenters. The molecule has 1 heterocycles. The third-order valence-corrected chi connectivity index (χ3v) is 4.91. The van der Waals surface area contributed by atoms with Crippen molar-refractivity contribution in [3.63, 3.8) is 0 Å². The van der Waals surface area contributed by atoms with Crippen LogP contribution in [-0.2, 0) is 6.42 Å². The first-order chi connectivity index (χ1) is 12.3. The van der Waals surface area contributed by atoms with Crippen molar-refractivity contribution < 1.29 is 9.53 Å². The quantitative estimate of drug-likeness (QED) is 0.622. The predicted molar refractivity (Wildman–Crippen MR) is 103 cm³/mol. The van der Waals surface area contributed by atoms with Crippen LogP contribution in [0, 0.1) is 0 Å². The summed E-state index contributed by atoms with van der Waals surface area (Å²) in [5.74, 6) is 0.806. The van der Waals surface area contributed by atoms with Crippen molar-refractivity contribution in [3.8, 4) is 16.9 Å². The first kappa shape index (κ1) is 17.2. The molecular formula is C21H21NO2S. The summed E-state index contributed by atoms with van der Waals surface area (Å²) < 4.78 is 5.90. The second-order valence-corrected chi connectivity index (χ2v) is 6.51. The average Bonchev–Trinajstić information content (AvgIpc) is 3.15. The predicted octanol–water partition coefficient (Wildman–Crippen LogP) is 4.79. The van der Waals surface area contributed by atoms with E-state index >= 15 is 0 Å². The molecule has 0 saturated heterocycles. The number of rotatable bonds is 7. The number of nitrogens with one attached hydrogen (secondary N) is 1. The molecule has 1 amide bonds. The zero-order valence-corrected chi connectivity index (χ0v) is 15.0. The van der Waals surface area contributed by atoms with Gasteiger partial charge in [0.15, 0.2) is 0 Å². The zero-order chi connectivity index (χ0) is 17.5. The summed E-state index contributed by atoms with van der Waals surface area (Å²) in [4.78, 5) is 13.0. The topological polar surface area (TPSA) is 38.3 Å². The van der Waals surface area contributed by atoms with Gasteiger partial charge in [0.05, 0.1) is 11.4 Å². The zero-order valence-electron chi connectivity index (χ0n) is 14.2. The Balaban J connectivity index is 1.57. The Morgan fingerprint density at radius 3 is 2.60 bits per heavy atom. The summed E-state index contributed by atoms with van der Waals surface area (Å²) >= 11 is 1.48. The van der Waals surface area contributed by atoms with Crippen LogP contribution in [0.5, 0.6) is 5.75 Å². The van der Waals surface area contributed by atoms with Crippen LogP contribution in [0.15, 0.2) is 66.0 Å². The minimum absolute atomic E-state index is 0.0215. The first-order valence-corrected chi connectivity index (χ1v) is 9.29. The van der Waals surface area contributed by atoms with Crippen LogP contribution in [0.25, 0.3) is 11.1 Å². The summed E-state index contributed by atoms with van der Waals surface area (Å²) in [6.07, 6.45) is 0.868. The molecule has 128 valence electrons. The van der Waals surface area contributed by atoms with Gasteiger partial charge in [0.25, 0.3) is 5.91 Å². The lowest BCUT2D eigenvalue weighted by Crippen LogP contribution is -2.28. The molecule has 0 bridgehead atoms. The Labute approximate surface area is 152 Å². The van der Waals surface area contributed by atoms with E-state index < -0.39 is 0 Å². The maximum Gasteiger partial charge on any atom is 0.261 e. The summed E-state index contributed by atoms with van der Waals surface area (Å²) in [6, 6.07) is 20.1. The fourth-order valence-corrected chi connectivity index (χ4v) is 3.58. The molecule has 2 aromatic carbocycles. The van der Waals surface area contributed by atoms with Gasteiger partial charge in [-0.1, -0.05) is 55.5 Å². The number of thiophene rings is 1. The minimum Gasteiger partial charge on any atom is -0.491 e. The van der Waals surface area contributed by atoms with Crippen molar-refractivity contribution in [2.45, 2.75) is 13.3 Å². The summed E-state index contributed by atoms with van der Waals surface area (Å²) in [6.45, 7) is 2.97. The molecule has 0 aliphatic heterocycles. The molecule has 3 nitrogen and oxygen atoms in total. The number of carbonyl (C=O) groups is 1. The molecule has 3 rings (SSSR count). The van der Waals surface area contributed by atoms with E-state index in [1.807, 2.05) is 53.9 Å². The Morgan fingerprint density at radius 2 is 1.80 bits per heavy atom. The number of ether oxygens (including phenoxy) is 1. The van der Waals surface area contributed by atoms with Gasteiger partial charge in [-0.15, -0.1) is 11.3 Å². The normalized spacial score (nSPS) is 10.4. The van der Waals surface area contributed by atoms with Crippen molar-refractivity contribution in [1.82, 2.24) is 5.32 Å². The average molecular weight is 351 g/mol. The van der Waals surface area contributed by atoms with Gasteiger partial charge in [0.2, 0.25) is 0 Å². The molecule has 3 aromatic rings. The number of amides is 1. The van der Waals surface area contributed by atoms with Crippen LogP contribution in [0.4, 0.5) is 0 Å². The smallest absolute Gasteiger partial charge is 0.261 e. The van der Waals surface area contributed by atoms with Crippen molar-refractivity contribution >= 4 is 17.2 Å². The molecule has 0 aliphatic rings. The number of carbonyl (C=O) groups excluding carboxylic acids is 1. The highest BCUT2D eigenvalue weighted by Crippen LogP contribution is 2.29. The second-order valence-electron chi connectivity index (χ2n) is 5.60. The number of hydrogen-bond acceptors (Lipinski definition) is 3. The van der Waals surface area contributed by atoms with E-state index in [-0.39, 0.29) is 5.91 Å². The maximum absolute atomic E-state index is 12.2. The van der Waals surface area contributed by atoms with E-state index in [0.29, 0.717) is 13.2 Å². The van der Waals surface area contributed by atoms with Crippen molar-refractivity contribution in [2.24, 2.45) is 0 Å². The van der Waals surface area contributed by atoms with Gasteiger partial charge in [-0.25, -0.2) is 0 Å². The van der Waals surface area contributed by atoms with E-state index in [2.05, 4.69) is 24.4 Å². The van der Waals surface area contributed by atoms with Gasteiger partial charge in [-0.2, -0.15) is 0 Å². The molecule has 0 unspecified atom stereocenters. The molecule has 25 heavy (non-hydrogen) atoms. The fraction of sp³-hybridized carbons (Fsp3) is 0.190. The van der Waals surface area contributed by atoms with Gasteiger partial charge in [0.1, 0.15) is 12.4 Å². The van der Waals surface area contributed by atoms with Crippen molar-refractivity contribution in [1.29, 1.82) is 0 Å². The lowest BCUT2D eigenvalue weighted by molar-refractivity contribution is 0.0950. The lowest BCUT2D eigenvalue weighted by atomic mass is 10.1. The molecule has 4 heteroatoms. The van der Waals surface area contributed by atoms with Crippen LogP contribution < -0.4 is 10.1 Å². The highest BCUT2D eigenvalue weighted by Gasteiger charge is 2.11. The molecule has 0 radical (unpaired) electrons. The number of benzene rings is 2. The molecule has 1 aromatic heterocycles. The summed E-state index contributed by atoms with van der Waals surface area (Å²) in [7, 11) is 0. The highest BCUT2D eigenvalue weighted by atomic mass is 32.1. The van der Waals surface area contributed by atoms with Gasteiger partial charge in [-0.05, 0) is 35.1 Å². The third-order valence-electron chi connectivity index (χ3n) is 3.95. The van der Waals surface area contributed by atoms with Crippen LogP contribution in [-0.4, -0.2) is 19.1 Å². The van der Waals surface area contributed by atoms with Gasteiger partial charge < -0.3 is 10.1 Å². The monoisotopic (exact) mass is 351 g/mol. The molecule has 1 N–H and O–H groups in total. The van der Waals surface area contributed by atoms with E-state index in [0.717, 1.165) is 33.7 Å². The van der Waals surface area contributed by atoms with E-state index in [4.69, 9.17) is 4.74 Å². The SMILES string of the molecule is CCc1ccsc1C(=O)NCCOc1ccccc1-c1ccccc1. The first-order valence-electron chi connectivity index (χ1n) is 8.41. The fourth-order valence-electron chi connectivity index (χ4n) is 2.67. The second kappa shape index (κ2) is 8.49. The summed E-state index contributed by atoms with van der Waals surface area (Å²) in [5, 5.41) is 4.89. The lowest BCUT2D eigenvalue weighted by Gasteiger charge is -2.12. The van der Waals surface area contributed by atoms with Crippen molar-refractivity contribution in [2.75, 3.05) is 13.2 Å². The minimum atomic E-state index is -0.0215. The largest absolute Gasteiger partial charge is 0.491 e. The van der Waals surface area contributed by atoms with Gasteiger partial charge >= 0.3 is 0 Å². The molecule has 0 aliphatic carbocycles. The Hall–Kier alpha value is -2.59. The maximum atomic E-state index is 12.2. The van der Waals surface area contributed by atoms with Crippen LogP contribution in [0.2, 0.25) is 0 Å². The van der Waals surface area contributed by atoms with Crippen LogP contribution >= 0.6 is 11.3 Å². The standard InChI is InChI=1S/C21H21NO2S/c1-2-16-12-15-25-20(16)21(23)22-13-14-24-19-11-7-6-10-18(19)17-8-4-3-5-9-17/h3-12,15H,2,13-14H2,1H3,(H,22,23). The van der Waals surface area contributed by atoms with Gasteiger partial charge in [0, 0.05) is 5.56 Å². The number of aryl methyl sites for hydroxylation is 1. The highest BCUT2D eigenvalue weighted by molar-refractivity contribution is 7.12. The van der Waals surface area contributed by atoms with Gasteiger partial charge in [-0.3, -0.25) is 4.79 Å². The summed E-state index contributed by atoms with van der Waals surface area (Å²) in [5.41, 5.74) is 3.27.